The van der Waals surface area contributed by atoms with Crippen molar-refractivity contribution < 1.29 is 23.2 Å². The maximum atomic E-state index is 12.4. The molecule has 0 aliphatic heterocycles. The molecule has 2 aromatic carbocycles. The summed E-state index contributed by atoms with van der Waals surface area (Å²) >= 11 is 0. The fourth-order valence-electron chi connectivity index (χ4n) is 2.47. The van der Waals surface area contributed by atoms with Gasteiger partial charge in [-0.1, -0.05) is 29.8 Å². The van der Waals surface area contributed by atoms with Crippen LogP contribution in [0, 0.1) is 12.8 Å². The number of primary amides is 1. The summed E-state index contributed by atoms with van der Waals surface area (Å²) in [7, 11) is -3.70. The maximum absolute atomic E-state index is 12.4. The summed E-state index contributed by atoms with van der Waals surface area (Å²) in [4.78, 5) is 22.9. The fraction of sp³-hybridized carbons (Fsp3) is 0.222. The van der Waals surface area contributed by atoms with E-state index >= 15 is 0 Å². The normalized spacial score (nSPS) is 12.2. The highest BCUT2D eigenvalue weighted by molar-refractivity contribution is 7.92. The van der Waals surface area contributed by atoms with Crippen LogP contribution in [0.2, 0.25) is 0 Å². The first kappa shape index (κ1) is 20.4. The standard InChI is InChI=1S/C18H21N3O5S/c1-12-2-8-16(9-3-12)27(25,26)21-15-6-4-13(5-7-15)10-14(18(19)23)11-17(22)20-24/h2-9,14,21,24H,10-11H2,1H3,(H2,19,23)(H,20,22)/t14-/m1/s1. The Balaban J connectivity index is 2.09. The summed E-state index contributed by atoms with van der Waals surface area (Å²) in [5, 5.41) is 8.57. The average Bonchev–Trinajstić information content (AvgIpc) is 2.62. The van der Waals surface area contributed by atoms with E-state index in [-0.39, 0.29) is 17.7 Å². The second kappa shape index (κ2) is 8.65. The zero-order valence-corrected chi connectivity index (χ0v) is 15.5. The summed E-state index contributed by atoms with van der Waals surface area (Å²) < 4.78 is 27.2. The molecule has 0 aliphatic rings. The molecule has 0 fully saturated rings. The quantitative estimate of drug-likeness (QED) is 0.397. The van der Waals surface area contributed by atoms with E-state index in [4.69, 9.17) is 10.9 Å². The lowest BCUT2D eigenvalue weighted by Gasteiger charge is -2.13. The molecule has 0 bridgehead atoms. The minimum absolute atomic E-state index is 0.154. The van der Waals surface area contributed by atoms with E-state index in [1.807, 2.05) is 6.92 Å². The molecule has 0 saturated heterocycles. The number of hydrogen-bond acceptors (Lipinski definition) is 5. The molecule has 27 heavy (non-hydrogen) atoms. The number of hydroxylamine groups is 1. The van der Waals surface area contributed by atoms with Crippen molar-refractivity contribution in [1.82, 2.24) is 5.48 Å². The molecule has 0 aromatic heterocycles. The lowest BCUT2D eigenvalue weighted by atomic mass is 9.95. The Kier molecular flexibility index (Phi) is 6.54. The van der Waals surface area contributed by atoms with Crippen LogP contribution in [0.3, 0.4) is 0 Å². The molecule has 0 unspecified atom stereocenters. The van der Waals surface area contributed by atoms with Gasteiger partial charge in [-0.15, -0.1) is 0 Å². The van der Waals surface area contributed by atoms with Crippen LogP contribution in [0.1, 0.15) is 17.5 Å². The van der Waals surface area contributed by atoms with Gasteiger partial charge in [-0.25, -0.2) is 13.9 Å². The molecule has 2 amide bonds. The number of anilines is 1. The predicted octanol–water partition coefficient (Wildman–Crippen LogP) is 1.34. The van der Waals surface area contributed by atoms with Crippen molar-refractivity contribution in [2.45, 2.75) is 24.7 Å². The van der Waals surface area contributed by atoms with Crippen LogP contribution in [-0.4, -0.2) is 25.4 Å². The van der Waals surface area contributed by atoms with Crippen molar-refractivity contribution in [3.63, 3.8) is 0 Å². The molecule has 0 radical (unpaired) electrons. The van der Waals surface area contributed by atoms with Gasteiger partial charge in [0, 0.05) is 12.1 Å². The number of amides is 2. The van der Waals surface area contributed by atoms with Crippen LogP contribution in [0.15, 0.2) is 53.4 Å². The minimum atomic E-state index is -3.70. The summed E-state index contributed by atoms with van der Waals surface area (Å²) in [6.45, 7) is 1.87. The summed E-state index contributed by atoms with van der Waals surface area (Å²) in [5.41, 5.74) is 8.77. The van der Waals surface area contributed by atoms with Gasteiger partial charge in [0.2, 0.25) is 11.8 Å². The summed E-state index contributed by atoms with van der Waals surface area (Å²) in [5.74, 6) is -2.16. The highest BCUT2D eigenvalue weighted by atomic mass is 32.2. The summed E-state index contributed by atoms with van der Waals surface area (Å²) in [6.07, 6.45) is -0.0542. The molecule has 0 spiro atoms. The van der Waals surface area contributed by atoms with E-state index in [9.17, 15) is 18.0 Å². The number of nitrogens with one attached hydrogen (secondary N) is 2. The molecular formula is C18H21N3O5S. The zero-order valence-electron chi connectivity index (χ0n) is 14.7. The second-order valence-corrected chi connectivity index (χ2v) is 7.84. The third-order valence-corrected chi connectivity index (χ3v) is 5.38. The molecule has 144 valence electrons. The number of sulfonamides is 1. The molecule has 5 N–H and O–H groups in total. The van der Waals surface area contributed by atoms with Crippen LogP contribution < -0.4 is 15.9 Å². The third-order valence-electron chi connectivity index (χ3n) is 3.98. The number of rotatable bonds is 8. The van der Waals surface area contributed by atoms with Crippen LogP contribution in [0.4, 0.5) is 5.69 Å². The second-order valence-electron chi connectivity index (χ2n) is 6.16. The molecule has 2 aromatic rings. The number of aryl methyl sites for hydroxylation is 1. The van der Waals surface area contributed by atoms with Crippen molar-refractivity contribution in [3.05, 3.63) is 59.7 Å². The van der Waals surface area contributed by atoms with Gasteiger partial charge in [0.15, 0.2) is 0 Å². The maximum Gasteiger partial charge on any atom is 0.261 e. The average molecular weight is 391 g/mol. The molecule has 9 heteroatoms. The van der Waals surface area contributed by atoms with Crippen molar-refractivity contribution in [3.8, 4) is 0 Å². The molecule has 0 aliphatic carbocycles. The lowest BCUT2D eigenvalue weighted by molar-refractivity contribution is -0.133. The molecular weight excluding hydrogens is 370 g/mol. The van der Waals surface area contributed by atoms with E-state index < -0.39 is 27.8 Å². The SMILES string of the molecule is Cc1ccc(S(=O)(=O)Nc2ccc(C[C@H](CC(=O)NO)C(N)=O)cc2)cc1. The Labute approximate surface area is 157 Å². The van der Waals surface area contributed by atoms with Gasteiger partial charge in [0.25, 0.3) is 10.0 Å². The van der Waals surface area contributed by atoms with E-state index in [1.54, 1.807) is 36.4 Å². The number of nitrogens with two attached hydrogens (primary N) is 1. The Morgan fingerprint density at radius 2 is 1.67 bits per heavy atom. The number of benzene rings is 2. The van der Waals surface area contributed by atoms with E-state index in [2.05, 4.69) is 4.72 Å². The van der Waals surface area contributed by atoms with Crippen LogP contribution in [0.25, 0.3) is 0 Å². The van der Waals surface area contributed by atoms with Gasteiger partial charge in [-0.05, 0) is 43.2 Å². The molecule has 0 heterocycles. The van der Waals surface area contributed by atoms with Crippen LogP contribution in [0.5, 0.6) is 0 Å². The first-order valence-corrected chi connectivity index (χ1v) is 9.60. The van der Waals surface area contributed by atoms with E-state index in [0.29, 0.717) is 11.3 Å². The topological polar surface area (TPSA) is 139 Å². The fourth-order valence-corrected chi connectivity index (χ4v) is 3.53. The Morgan fingerprint density at radius 3 is 2.19 bits per heavy atom. The van der Waals surface area contributed by atoms with Gasteiger partial charge in [0.1, 0.15) is 0 Å². The molecule has 2 rings (SSSR count). The van der Waals surface area contributed by atoms with Crippen molar-refractivity contribution in [2.75, 3.05) is 4.72 Å². The third kappa shape index (κ3) is 5.80. The number of carbonyl (C=O) groups excluding carboxylic acids is 2. The van der Waals surface area contributed by atoms with E-state index in [1.165, 1.54) is 17.6 Å². The van der Waals surface area contributed by atoms with Crippen LogP contribution in [-0.2, 0) is 26.0 Å². The number of hydrogen-bond donors (Lipinski definition) is 4. The van der Waals surface area contributed by atoms with Gasteiger partial charge in [-0.3, -0.25) is 19.5 Å². The van der Waals surface area contributed by atoms with Crippen molar-refractivity contribution >= 4 is 27.5 Å². The Hall–Kier alpha value is -2.91. The first-order chi connectivity index (χ1) is 12.7. The predicted molar refractivity (Wildman–Crippen MR) is 99.4 cm³/mol. The summed E-state index contributed by atoms with van der Waals surface area (Å²) in [6, 6.07) is 12.9. The van der Waals surface area contributed by atoms with Crippen molar-refractivity contribution in [2.24, 2.45) is 11.7 Å². The smallest absolute Gasteiger partial charge is 0.261 e. The monoisotopic (exact) mass is 391 g/mol. The highest BCUT2D eigenvalue weighted by Crippen LogP contribution is 2.19. The molecule has 0 saturated carbocycles. The largest absolute Gasteiger partial charge is 0.369 e. The Morgan fingerprint density at radius 1 is 1.07 bits per heavy atom. The molecule has 8 nitrogen and oxygen atoms in total. The highest BCUT2D eigenvalue weighted by Gasteiger charge is 2.20. The van der Waals surface area contributed by atoms with Crippen LogP contribution >= 0.6 is 0 Å². The first-order valence-electron chi connectivity index (χ1n) is 8.12. The lowest BCUT2D eigenvalue weighted by Crippen LogP contribution is -2.31. The number of carbonyl (C=O) groups is 2. The van der Waals surface area contributed by atoms with Gasteiger partial charge in [-0.2, -0.15) is 0 Å². The van der Waals surface area contributed by atoms with E-state index in [0.717, 1.165) is 5.56 Å². The zero-order chi connectivity index (χ0) is 20.0. The van der Waals surface area contributed by atoms with Gasteiger partial charge in [0.05, 0.1) is 10.8 Å². The van der Waals surface area contributed by atoms with Gasteiger partial charge < -0.3 is 5.73 Å². The minimum Gasteiger partial charge on any atom is -0.369 e. The van der Waals surface area contributed by atoms with Crippen molar-refractivity contribution in [1.29, 1.82) is 0 Å². The molecule has 1 atom stereocenters. The van der Waals surface area contributed by atoms with Gasteiger partial charge >= 0.3 is 0 Å². The Bertz CT molecular complexity index is 909.